The van der Waals surface area contributed by atoms with Crippen molar-refractivity contribution >= 4 is 15.9 Å². The molecule has 1 amide bonds. The van der Waals surface area contributed by atoms with Gasteiger partial charge in [0.25, 0.3) is 0 Å². The van der Waals surface area contributed by atoms with E-state index in [1.54, 1.807) is 24.3 Å². The molecule has 6 nitrogen and oxygen atoms in total. The summed E-state index contributed by atoms with van der Waals surface area (Å²) in [5.41, 5.74) is 0. The zero-order valence-corrected chi connectivity index (χ0v) is 16.1. The summed E-state index contributed by atoms with van der Waals surface area (Å²) in [4.78, 5) is 12.9. The van der Waals surface area contributed by atoms with Crippen LogP contribution in [0.1, 0.15) is 51.9 Å². The van der Waals surface area contributed by atoms with Crippen molar-refractivity contribution in [3.05, 3.63) is 24.3 Å². The van der Waals surface area contributed by atoms with E-state index in [1.165, 1.54) is 10.7 Å². The number of rotatable bonds is 6. The molecule has 26 heavy (non-hydrogen) atoms. The summed E-state index contributed by atoms with van der Waals surface area (Å²) in [5.74, 6) is 0.489. The fraction of sp³-hybridized carbons (Fsp3) is 0.632. The fourth-order valence-corrected chi connectivity index (χ4v) is 5.50. The molecule has 1 N–H and O–H groups in total. The molecule has 1 atom stereocenters. The molecular weight excluding hydrogens is 352 g/mol. The van der Waals surface area contributed by atoms with Gasteiger partial charge in [0.2, 0.25) is 15.9 Å². The van der Waals surface area contributed by atoms with Gasteiger partial charge in [-0.2, -0.15) is 4.31 Å². The molecule has 7 heteroatoms. The lowest BCUT2D eigenvalue weighted by atomic mass is 9.95. The molecule has 0 aromatic heterocycles. The van der Waals surface area contributed by atoms with Crippen LogP contribution in [0.2, 0.25) is 0 Å². The number of hydrogen-bond donors (Lipinski definition) is 1. The SMILES string of the molecule is CCOc1ccc(S(=O)(=O)N2CCC[C@H]2C(=O)NC2CCCCC2)cc1. The molecule has 1 aromatic carbocycles. The topological polar surface area (TPSA) is 75.7 Å². The molecule has 0 bridgehead atoms. The van der Waals surface area contributed by atoms with Crippen LogP contribution < -0.4 is 10.1 Å². The highest BCUT2D eigenvalue weighted by molar-refractivity contribution is 7.89. The Balaban J connectivity index is 1.72. The Labute approximate surface area is 156 Å². The van der Waals surface area contributed by atoms with Crippen LogP contribution in [0.3, 0.4) is 0 Å². The van der Waals surface area contributed by atoms with E-state index in [1.807, 2.05) is 6.92 Å². The van der Waals surface area contributed by atoms with Crippen LogP contribution in [0.15, 0.2) is 29.2 Å². The first-order valence-corrected chi connectivity index (χ1v) is 11.0. The van der Waals surface area contributed by atoms with Crippen molar-refractivity contribution in [1.82, 2.24) is 9.62 Å². The van der Waals surface area contributed by atoms with Gasteiger partial charge in [-0.05, 0) is 56.9 Å². The Morgan fingerprint density at radius 1 is 1.12 bits per heavy atom. The first-order valence-electron chi connectivity index (χ1n) is 9.57. The molecule has 0 radical (unpaired) electrons. The minimum absolute atomic E-state index is 0.149. The van der Waals surface area contributed by atoms with Crippen LogP contribution >= 0.6 is 0 Å². The van der Waals surface area contributed by atoms with Crippen molar-refractivity contribution in [2.75, 3.05) is 13.2 Å². The van der Waals surface area contributed by atoms with Gasteiger partial charge >= 0.3 is 0 Å². The predicted molar refractivity (Wildman–Crippen MR) is 99.5 cm³/mol. The Morgan fingerprint density at radius 2 is 1.81 bits per heavy atom. The van der Waals surface area contributed by atoms with Gasteiger partial charge in [0.05, 0.1) is 11.5 Å². The zero-order valence-electron chi connectivity index (χ0n) is 15.3. The van der Waals surface area contributed by atoms with Crippen molar-refractivity contribution < 1.29 is 17.9 Å². The van der Waals surface area contributed by atoms with Crippen LogP contribution in [-0.2, 0) is 14.8 Å². The molecule has 2 fully saturated rings. The van der Waals surface area contributed by atoms with Gasteiger partial charge in [0, 0.05) is 12.6 Å². The molecule has 1 saturated heterocycles. The van der Waals surface area contributed by atoms with Gasteiger partial charge in [-0.25, -0.2) is 8.42 Å². The summed E-state index contributed by atoms with van der Waals surface area (Å²) in [7, 11) is -3.69. The monoisotopic (exact) mass is 380 g/mol. The number of benzene rings is 1. The van der Waals surface area contributed by atoms with E-state index < -0.39 is 16.1 Å². The number of hydrogen-bond acceptors (Lipinski definition) is 4. The molecule has 1 aliphatic carbocycles. The van der Waals surface area contributed by atoms with E-state index >= 15 is 0 Å². The summed E-state index contributed by atoms with van der Waals surface area (Å²) in [6, 6.07) is 6.00. The zero-order chi connectivity index (χ0) is 18.6. The third-order valence-electron chi connectivity index (χ3n) is 5.20. The number of carbonyl (C=O) groups is 1. The maximum absolute atomic E-state index is 13.0. The standard InChI is InChI=1S/C19H28N2O4S/c1-2-25-16-10-12-17(13-11-16)26(23,24)21-14-6-9-18(21)19(22)20-15-7-4-3-5-8-15/h10-13,15,18H,2-9,14H2,1H3,(H,20,22)/t18-/m0/s1. The van der Waals surface area contributed by atoms with Crippen LogP contribution in [0.5, 0.6) is 5.75 Å². The van der Waals surface area contributed by atoms with E-state index in [-0.39, 0.29) is 16.8 Å². The second-order valence-electron chi connectivity index (χ2n) is 7.02. The Kier molecular flexibility index (Phi) is 6.19. The minimum atomic E-state index is -3.69. The summed E-state index contributed by atoms with van der Waals surface area (Å²) in [6.07, 6.45) is 6.74. The van der Waals surface area contributed by atoms with E-state index in [9.17, 15) is 13.2 Å². The number of sulfonamides is 1. The van der Waals surface area contributed by atoms with Gasteiger partial charge in [0.1, 0.15) is 11.8 Å². The number of carbonyl (C=O) groups excluding carboxylic acids is 1. The molecule has 0 unspecified atom stereocenters. The van der Waals surface area contributed by atoms with Crippen LogP contribution in [0.25, 0.3) is 0 Å². The first-order chi connectivity index (χ1) is 12.5. The molecule has 0 spiro atoms. The smallest absolute Gasteiger partial charge is 0.243 e. The van der Waals surface area contributed by atoms with Crippen LogP contribution in [0, 0.1) is 0 Å². The minimum Gasteiger partial charge on any atom is -0.494 e. The summed E-state index contributed by atoms with van der Waals surface area (Å²) >= 11 is 0. The number of nitrogens with zero attached hydrogens (tertiary/aromatic N) is 1. The van der Waals surface area contributed by atoms with E-state index in [0.717, 1.165) is 25.7 Å². The average Bonchev–Trinajstić information content (AvgIpc) is 3.14. The lowest BCUT2D eigenvalue weighted by Gasteiger charge is -2.28. The number of amides is 1. The Hall–Kier alpha value is -1.60. The summed E-state index contributed by atoms with van der Waals surface area (Å²) in [6.45, 7) is 2.80. The quantitative estimate of drug-likeness (QED) is 0.823. The maximum Gasteiger partial charge on any atom is 0.243 e. The second-order valence-corrected chi connectivity index (χ2v) is 8.91. The molecule has 1 heterocycles. The van der Waals surface area contributed by atoms with E-state index in [2.05, 4.69) is 5.32 Å². The third kappa shape index (κ3) is 4.20. The van der Waals surface area contributed by atoms with Gasteiger partial charge in [-0.1, -0.05) is 19.3 Å². The van der Waals surface area contributed by atoms with E-state index in [4.69, 9.17) is 4.74 Å². The summed E-state index contributed by atoms with van der Waals surface area (Å²) < 4.78 is 32.8. The predicted octanol–water partition coefficient (Wildman–Crippen LogP) is 2.69. The molecule has 144 valence electrons. The van der Waals surface area contributed by atoms with Crippen LogP contribution in [0.4, 0.5) is 0 Å². The number of ether oxygens (including phenoxy) is 1. The largest absolute Gasteiger partial charge is 0.494 e. The highest BCUT2D eigenvalue weighted by Gasteiger charge is 2.39. The second kappa shape index (κ2) is 8.39. The maximum atomic E-state index is 13.0. The number of nitrogens with one attached hydrogen (secondary N) is 1. The molecule has 3 rings (SSSR count). The molecule has 2 aliphatic rings. The lowest BCUT2D eigenvalue weighted by molar-refractivity contribution is -0.125. The van der Waals surface area contributed by atoms with Gasteiger partial charge < -0.3 is 10.1 Å². The molecule has 1 aliphatic heterocycles. The Bertz CT molecular complexity index is 712. The van der Waals surface area contributed by atoms with Crippen molar-refractivity contribution in [3.63, 3.8) is 0 Å². The molecule has 1 saturated carbocycles. The van der Waals surface area contributed by atoms with Crippen molar-refractivity contribution in [3.8, 4) is 5.75 Å². The average molecular weight is 381 g/mol. The molecular formula is C19H28N2O4S. The van der Waals surface area contributed by atoms with Gasteiger partial charge in [0.15, 0.2) is 0 Å². The van der Waals surface area contributed by atoms with Crippen molar-refractivity contribution in [2.45, 2.75) is 68.8 Å². The highest BCUT2D eigenvalue weighted by atomic mass is 32.2. The third-order valence-corrected chi connectivity index (χ3v) is 7.12. The normalized spacial score (nSPS) is 22.3. The van der Waals surface area contributed by atoms with E-state index in [0.29, 0.717) is 31.7 Å². The summed E-state index contributed by atoms with van der Waals surface area (Å²) in [5, 5.41) is 3.08. The lowest BCUT2D eigenvalue weighted by Crippen LogP contribution is -2.49. The Morgan fingerprint density at radius 3 is 2.46 bits per heavy atom. The van der Waals surface area contributed by atoms with Crippen molar-refractivity contribution in [2.24, 2.45) is 0 Å². The van der Waals surface area contributed by atoms with Crippen molar-refractivity contribution in [1.29, 1.82) is 0 Å². The van der Waals surface area contributed by atoms with Crippen LogP contribution in [-0.4, -0.2) is 43.9 Å². The van der Waals surface area contributed by atoms with Gasteiger partial charge in [-0.15, -0.1) is 0 Å². The highest BCUT2D eigenvalue weighted by Crippen LogP contribution is 2.28. The molecule has 1 aromatic rings. The fourth-order valence-electron chi connectivity index (χ4n) is 3.84. The van der Waals surface area contributed by atoms with Gasteiger partial charge in [-0.3, -0.25) is 4.79 Å². The first kappa shape index (κ1) is 19.2.